The number of rotatable bonds is 6. The van der Waals surface area contributed by atoms with E-state index in [1.54, 1.807) is 13.2 Å². The molecule has 0 bridgehead atoms. The summed E-state index contributed by atoms with van der Waals surface area (Å²) in [4.78, 5) is 12.0. The van der Waals surface area contributed by atoms with Gasteiger partial charge in [-0.2, -0.15) is 0 Å². The highest BCUT2D eigenvalue weighted by Gasteiger charge is 2.08. The van der Waals surface area contributed by atoms with Crippen molar-refractivity contribution in [3.05, 3.63) is 65.0 Å². The molecule has 0 radical (unpaired) electrons. The molecule has 0 aromatic heterocycles. The van der Waals surface area contributed by atoms with Gasteiger partial charge in [-0.25, -0.2) is 4.39 Å². The Balaban J connectivity index is 1.87. The molecule has 0 heterocycles. The number of ether oxygens (including phenoxy) is 1. The Morgan fingerprint density at radius 3 is 2.77 bits per heavy atom. The molecule has 4 heteroatoms. The summed E-state index contributed by atoms with van der Waals surface area (Å²) in [5, 5.41) is 2.85. The Bertz CT molecular complexity index is 655. The number of carbonyl (C=O) groups excluding carboxylic acids is 1. The summed E-state index contributed by atoms with van der Waals surface area (Å²) in [6.07, 6.45) is 0.877. The fourth-order valence-corrected chi connectivity index (χ4v) is 2.32. The highest BCUT2D eigenvalue weighted by molar-refractivity contribution is 5.79. The number of methoxy groups -OCH3 is 1. The Morgan fingerprint density at radius 2 is 2.05 bits per heavy atom. The highest BCUT2D eigenvalue weighted by Crippen LogP contribution is 2.20. The zero-order valence-electron chi connectivity index (χ0n) is 12.9. The molecule has 0 unspecified atom stereocenters. The quantitative estimate of drug-likeness (QED) is 0.890. The molecule has 3 nitrogen and oxygen atoms in total. The Hall–Kier alpha value is -2.36. The predicted molar refractivity (Wildman–Crippen MR) is 84.5 cm³/mol. The van der Waals surface area contributed by atoms with Gasteiger partial charge in [-0.1, -0.05) is 29.8 Å². The van der Waals surface area contributed by atoms with Crippen molar-refractivity contribution in [2.75, 3.05) is 13.7 Å². The van der Waals surface area contributed by atoms with Crippen molar-refractivity contribution < 1.29 is 13.9 Å². The summed E-state index contributed by atoms with van der Waals surface area (Å²) in [5.74, 6) is 0.388. The van der Waals surface area contributed by atoms with Crippen molar-refractivity contribution in [2.24, 2.45) is 0 Å². The summed E-state index contributed by atoms with van der Waals surface area (Å²) >= 11 is 0. The minimum absolute atomic E-state index is 0.0692. The second kappa shape index (κ2) is 7.59. The molecule has 2 aromatic carbocycles. The van der Waals surface area contributed by atoms with Crippen LogP contribution in [0.5, 0.6) is 5.75 Å². The van der Waals surface area contributed by atoms with E-state index in [0.29, 0.717) is 18.7 Å². The molecule has 0 aliphatic heterocycles. The summed E-state index contributed by atoms with van der Waals surface area (Å²) in [5.41, 5.74) is 2.82. The summed E-state index contributed by atoms with van der Waals surface area (Å²) in [7, 11) is 1.59. The average Bonchev–Trinajstić information content (AvgIpc) is 2.47. The maximum Gasteiger partial charge on any atom is 0.224 e. The van der Waals surface area contributed by atoms with Gasteiger partial charge in [0.25, 0.3) is 0 Å². The normalized spacial score (nSPS) is 10.3. The topological polar surface area (TPSA) is 38.3 Å². The van der Waals surface area contributed by atoms with Crippen LogP contribution < -0.4 is 10.1 Å². The number of carbonyl (C=O) groups is 1. The number of nitrogens with one attached hydrogen (secondary N) is 1. The van der Waals surface area contributed by atoms with Crippen LogP contribution in [0.1, 0.15) is 16.7 Å². The van der Waals surface area contributed by atoms with Crippen molar-refractivity contribution in [3.8, 4) is 5.75 Å². The number of hydrogen-bond donors (Lipinski definition) is 1. The fourth-order valence-electron chi connectivity index (χ4n) is 2.32. The maximum atomic E-state index is 13.1. The van der Waals surface area contributed by atoms with Gasteiger partial charge in [0.2, 0.25) is 5.91 Å². The second-order valence-electron chi connectivity index (χ2n) is 5.22. The second-order valence-corrected chi connectivity index (χ2v) is 5.22. The van der Waals surface area contributed by atoms with E-state index in [1.807, 2.05) is 31.2 Å². The predicted octanol–water partition coefficient (Wildman–Crippen LogP) is 3.04. The van der Waals surface area contributed by atoms with Gasteiger partial charge in [0.05, 0.1) is 13.5 Å². The molecular formula is C18H20FNO2. The lowest BCUT2D eigenvalue weighted by Crippen LogP contribution is -2.27. The Morgan fingerprint density at radius 1 is 1.23 bits per heavy atom. The highest BCUT2D eigenvalue weighted by atomic mass is 19.1. The Kier molecular flexibility index (Phi) is 5.53. The first-order valence-electron chi connectivity index (χ1n) is 7.23. The van der Waals surface area contributed by atoms with Crippen LogP contribution in [0.3, 0.4) is 0 Å². The zero-order chi connectivity index (χ0) is 15.9. The lowest BCUT2D eigenvalue weighted by atomic mass is 10.1. The number of halogens is 1. The van der Waals surface area contributed by atoms with Crippen LogP contribution in [-0.2, 0) is 17.6 Å². The molecule has 2 rings (SSSR count). The van der Waals surface area contributed by atoms with Gasteiger partial charge in [-0.15, -0.1) is 0 Å². The van der Waals surface area contributed by atoms with E-state index in [0.717, 1.165) is 16.7 Å². The van der Waals surface area contributed by atoms with Crippen LogP contribution in [0.15, 0.2) is 42.5 Å². The average molecular weight is 301 g/mol. The van der Waals surface area contributed by atoms with Gasteiger partial charge in [0.15, 0.2) is 0 Å². The number of hydrogen-bond acceptors (Lipinski definition) is 2. The first-order chi connectivity index (χ1) is 10.6. The third-order valence-electron chi connectivity index (χ3n) is 3.41. The molecule has 0 saturated carbocycles. The van der Waals surface area contributed by atoms with E-state index >= 15 is 0 Å². The van der Waals surface area contributed by atoms with E-state index in [-0.39, 0.29) is 18.1 Å². The molecule has 1 N–H and O–H groups in total. The van der Waals surface area contributed by atoms with Gasteiger partial charge in [0, 0.05) is 12.1 Å². The van der Waals surface area contributed by atoms with Crippen molar-refractivity contribution in [2.45, 2.75) is 19.8 Å². The van der Waals surface area contributed by atoms with Gasteiger partial charge in [-0.05, 0) is 37.1 Å². The van der Waals surface area contributed by atoms with Crippen LogP contribution in [0, 0.1) is 12.7 Å². The molecule has 0 atom stereocenters. The van der Waals surface area contributed by atoms with E-state index < -0.39 is 0 Å². The van der Waals surface area contributed by atoms with Crippen LogP contribution in [0.25, 0.3) is 0 Å². The van der Waals surface area contributed by atoms with Gasteiger partial charge < -0.3 is 10.1 Å². The SMILES string of the molecule is COc1ccc(C)cc1CC(=O)NCCc1cccc(F)c1. The Labute approximate surface area is 130 Å². The first kappa shape index (κ1) is 16.0. The summed E-state index contributed by atoms with van der Waals surface area (Å²) < 4.78 is 18.3. The molecule has 0 aliphatic carbocycles. The van der Waals surface area contributed by atoms with E-state index in [9.17, 15) is 9.18 Å². The largest absolute Gasteiger partial charge is 0.496 e. The molecule has 0 aliphatic rings. The third kappa shape index (κ3) is 4.58. The lowest BCUT2D eigenvalue weighted by Gasteiger charge is -2.10. The standard InChI is InChI=1S/C18H20FNO2/c1-13-6-7-17(22-2)15(10-13)12-18(21)20-9-8-14-4-3-5-16(19)11-14/h3-7,10-11H,8-9,12H2,1-2H3,(H,20,21). The molecule has 2 aromatic rings. The summed E-state index contributed by atoms with van der Waals surface area (Å²) in [6, 6.07) is 12.2. The molecular weight excluding hydrogens is 281 g/mol. The minimum atomic E-state index is -0.256. The van der Waals surface area contributed by atoms with E-state index in [2.05, 4.69) is 5.32 Å². The van der Waals surface area contributed by atoms with Crippen molar-refractivity contribution in [1.82, 2.24) is 5.32 Å². The smallest absolute Gasteiger partial charge is 0.224 e. The monoisotopic (exact) mass is 301 g/mol. The first-order valence-corrected chi connectivity index (χ1v) is 7.23. The fraction of sp³-hybridized carbons (Fsp3) is 0.278. The number of amides is 1. The van der Waals surface area contributed by atoms with Crippen molar-refractivity contribution in [3.63, 3.8) is 0 Å². The van der Waals surface area contributed by atoms with Gasteiger partial charge >= 0.3 is 0 Å². The minimum Gasteiger partial charge on any atom is -0.496 e. The van der Waals surface area contributed by atoms with Crippen LogP contribution >= 0.6 is 0 Å². The van der Waals surface area contributed by atoms with E-state index in [4.69, 9.17) is 4.74 Å². The van der Waals surface area contributed by atoms with Gasteiger partial charge in [0.1, 0.15) is 11.6 Å². The van der Waals surface area contributed by atoms with Crippen LogP contribution in [-0.4, -0.2) is 19.6 Å². The lowest BCUT2D eigenvalue weighted by molar-refractivity contribution is -0.120. The van der Waals surface area contributed by atoms with Crippen LogP contribution in [0.2, 0.25) is 0 Å². The maximum absolute atomic E-state index is 13.1. The molecule has 22 heavy (non-hydrogen) atoms. The number of aryl methyl sites for hydroxylation is 1. The van der Waals surface area contributed by atoms with Gasteiger partial charge in [-0.3, -0.25) is 4.79 Å². The number of benzene rings is 2. The molecule has 0 saturated heterocycles. The van der Waals surface area contributed by atoms with Crippen LogP contribution in [0.4, 0.5) is 4.39 Å². The molecule has 0 spiro atoms. The van der Waals surface area contributed by atoms with E-state index in [1.165, 1.54) is 12.1 Å². The third-order valence-corrected chi connectivity index (χ3v) is 3.41. The molecule has 116 valence electrons. The molecule has 0 fully saturated rings. The van der Waals surface area contributed by atoms with Crippen molar-refractivity contribution >= 4 is 5.91 Å². The van der Waals surface area contributed by atoms with Crippen molar-refractivity contribution in [1.29, 1.82) is 0 Å². The molecule has 1 amide bonds. The zero-order valence-corrected chi connectivity index (χ0v) is 12.9. The summed E-state index contributed by atoms with van der Waals surface area (Å²) in [6.45, 7) is 2.46.